The van der Waals surface area contributed by atoms with E-state index in [0.717, 1.165) is 36.2 Å². The van der Waals surface area contributed by atoms with Crippen LogP contribution in [0.4, 0.5) is 10.8 Å². The Morgan fingerprint density at radius 3 is 2.89 bits per heavy atom. The van der Waals surface area contributed by atoms with Gasteiger partial charge in [-0.15, -0.1) is 11.3 Å². The number of hydrogen-bond acceptors (Lipinski definition) is 5. The molecule has 4 aliphatic rings. The van der Waals surface area contributed by atoms with Crippen LogP contribution in [0.2, 0.25) is 0 Å². The molecular weight excluding hydrogens is 360 g/mol. The van der Waals surface area contributed by atoms with Crippen LogP contribution in [0.25, 0.3) is 0 Å². The molecule has 2 amide bonds. The van der Waals surface area contributed by atoms with Gasteiger partial charge in [0.25, 0.3) is 5.91 Å². The number of thiazole rings is 1. The molecule has 0 saturated heterocycles. The summed E-state index contributed by atoms with van der Waals surface area (Å²) in [5.41, 5.74) is 1.16. The molecule has 6 rings (SSSR count). The third kappa shape index (κ3) is 2.72. The third-order valence-electron chi connectivity index (χ3n) is 6.33. The van der Waals surface area contributed by atoms with Gasteiger partial charge >= 0.3 is 0 Å². The predicted molar refractivity (Wildman–Crippen MR) is 105 cm³/mol. The van der Waals surface area contributed by atoms with E-state index in [1.54, 1.807) is 6.20 Å². The van der Waals surface area contributed by atoms with Crippen molar-refractivity contribution in [2.45, 2.75) is 38.3 Å². The lowest BCUT2D eigenvalue weighted by molar-refractivity contribution is -0.126. The van der Waals surface area contributed by atoms with Crippen LogP contribution in [-0.4, -0.2) is 22.5 Å². The lowest BCUT2D eigenvalue weighted by Crippen LogP contribution is -2.67. The molecule has 2 aromatic rings. The molecule has 6 nitrogen and oxygen atoms in total. The summed E-state index contributed by atoms with van der Waals surface area (Å²) in [4.78, 5) is 30.8. The number of fused-ring (bicyclic) bond motifs is 3. The van der Waals surface area contributed by atoms with Crippen LogP contribution >= 0.6 is 11.3 Å². The molecule has 27 heavy (non-hydrogen) atoms. The van der Waals surface area contributed by atoms with Gasteiger partial charge in [-0.3, -0.25) is 9.59 Å². The van der Waals surface area contributed by atoms with Gasteiger partial charge in [0.1, 0.15) is 5.66 Å². The highest BCUT2D eigenvalue weighted by Gasteiger charge is 2.55. The van der Waals surface area contributed by atoms with E-state index >= 15 is 0 Å². The fraction of sp³-hybridized carbons (Fsp3) is 0.450. The molecule has 2 bridgehead atoms. The summed E-state index contributed by atoms with van der Waals surface area (Å²) in [6, 6.07) is 7.64. The van der Waals surface area contributed by atoms with Gasteiger partial charge in [-0.05, 0) is 50.7 Å². The highest BCUT2D eigenvalue weighted by atomic mass is 32.1. The van der Waals surface area contributed by atoms with Crippen molar-refractivity contribution in [3.63, 3.8) is 0 Å². The molecule has 1 aromatic carbocycles. The van der Waals surface area contributed by atoms with Crippen molar-refractivity contribution in [3.8, 4) is 0 Å². The first-order chi connectivity index (χ1) is 13.0. The number of nitrogens with one attached hydrogen (secondary N) is 3. The second-order valence-corrected chi connectivity index (χ2v) is 9.18. The van der Waals surface area contributed by atoms with E-state index < -0.39 is 5.66 Å². The smallest absolute Gasteiger partial charge is 0.255 e. The molecule has 1 aliphatic heterocycles. The summed E-state index contributed by atoms with van der Waals surface area (Å²) < 4.78 is 0. The molecular formula is C20H22N4O2S. The molecule has 1 spiro atoms. The number of carbonyl (C=O) groups excluding carboxylic acids is 2. The monoisotopic (exact) mass is 382 g/mol. The molecule has 0 unspecified atom stereocenters. The average molecular weight is 382 g/mol. The highest BCUT2D eigenvalue weighted by Crippen LogP contribution is 2.52. The summed E-state index contributed by atoms with van der Waals surface area (Å²) in [5.74, 6) is 0.532. The number of anilines is 2. The van der Waals surface area contributed by atoms with E-state index in [-0.39, 0.29) is 29.6 Å². The van der Waals surface area contributed by atoms with Gasteiger partial charge in [0.15, 0.2) is 5.13 Å². The molecule has 3 aliphatic carbocycles. The third-order valence-corrected chi connectivity index (χ3v) is 7.16. The molecule has 3 fully saturated rings. The summed E-state index contributed by atoms with van der Waals surface area (Å²) in [5, 5.41) is 10.5. The Morgan fingerprint density at radius 2 is 2.15 bits per heavy atom. The molecule has 4 atom stereocenters. The largest absolute Gasteiger partial charge is 0.362 e. The summed E-state index contributed by atoms with van der Waals surface area (Å²) in [7, 11) is 0. The zero-order valence-electron chi connectivity index (χ0n) is 15.1. The van der Waals surface area contributed by atoms with Gasteiger partial charge < -0.3 is 16.0 Å². The maximum absolute atomic E-state index is 12.8. The number of carbonyl (C=O) groups is 2. The van der Waals surface area contributed by atoms with E-state index in [2.05, 4.69) is 20.9 Å². The number of aromatic nitrogens is 1. The molecule has 140 valence electrons. The van der Waals surface area contributed by atoms with Crippen molar-refractivity contribution in [2.75, 3.05) is 10.6 Å². The van der Waals surface area contributed by atoms with Crippen molar-refractivity contribution in [2.24, 2.45) is 17.8 Å². The van der Waals surface area contributed by atoms with Crippen LogP contribution in [0.15, 0.2) is 30.5 Å². The number of rotatable bonds is 2. The lowest BCUT2D eigenvalue weighted by Gasteiger charge is -2.56. The maximum atomic E-state index is 12.8. The fourth-order valence-corrected chi connectivity index (χ4v) is 5.74. The quantitative estimate of drug-likeness (QED) is 0.744. The lowest BCUT2D eigenvalue weighted by atomic mass is 9.58. The number of benzene rings is 1. The minimum absolute atomic E-state index is 0.0174. The Balaban J connectivity index is 1.36. The minimum Gasteiger partial charge on any atom is -0.362 e. The minimum atomic E-state index is -0.428. The standard InChI is InChI=1S/C20H22N4O2S/c1-11-10-21-19(27-11)22-17(25)15-8-13-7-6-12(15)9-20(13)23-16-5-3-2-4-14(16)18(26)24-20/h2-5,10,12-13,15,23H,6-9H2,1H3,(H,24,26)(H,21,22,25)/t12-,13+,15-,20-/m1/s1. The summed E-state index contributed by atoms with van der Waals surface area (Å²) in [6.45, 7) is 1.98. The maximum Gasteiger partial charge on any atom is 0.255 e. The topological polar surface area (TPSA) is 83.1 Å². The number of hydrogen-bond donors (Lipinski definition) is 3. The predicted octanol–water partition coefficient (Wildman–Crippen LogP) is 3.38. The fourth-order valence-electron chi connectivity index (χ4n) is 5.07. The molecule has 7 heteroatoms. The van der Waals surface area contributed by atoms with Crippen molar-refractivity contribution < 1.29 is 9.59 Å². The zero-order valence-corrected chi connectivity index (χ0v) is 15.9. The number of amides is 2. The summed E-state index contributed by atoms with van der Waals surface area (Å²) >= 11 is 1.50. The van der Waals surface area contributed by atoms with Gasteiger partial charge in [0, 0.05) is 28.6 Å². The van der Waals surface area contributed by atoms with Crippen molar-refractivity contribution in [3.05, 3.63) is 40.9 Å². The van der Waals surface area contributed by atoms with Gasteiger partial charge in [-0.25, -0.2) is 4.98 Å². The Morgan fingerprint density at radius 1 is 1.30 bits per heavy atom. The van der Waals surface area contributed by atoms with Crippen LogP contribution in [0, 0.1) is 24.7 Å². The van der Waals surface area contributed by atoms with Crippen LogP contribution in [-0.2, 0) is 4.79 Å². The Labute approximate surface area is 161 Å². The van der Waals surface area contributed by atoms with Gasteiger partial charge in [0.2, 0.25) is 5.91 Å². The Bertz CT molecular complexity index is 926. The Hall–Kier alpha value is -2.41. The number of nitrogens with zero attached hydrogens (tertiary/aromatic N) is 1. The first-order valence-electron chi connectivity index (χ1n) is 9.47. The second kappa shape index (κ2) is 6.05. The van der Waals surface area contributed by atoms with Crippen molar-refractivity contribution in [1.29, 1.82) is 0 Å². The summed E-state index contributed by atoms with van der Waals surface area (Å²) in [6.07, 6.45) is 5.41. The second-order valence-electron chi connectivity index (χ2n) is 7.94. The molecule has 1 aromatic heterocycles. The number of para-hydroxylation sites is 1. The van der Waals surface area contributed by atoms with Crippen LogP contribution < -0.4 is 16.0 Å². The zero-order chi connectivity index (χ0) is 18.6. The van der Waals surface area contributed by atoms with E-state index in [4.69, 9.17) is 0 Å². The molecule has 0 radical (unpaired) electrons. The first kappa shape index (κ1) is 16.7. The average Bonchev–Trinajstić information content (AvgIpc) is 3.06. The van der Waals surface area contributed by atoms with Crippen LogP contribution in [0.5, 0.6) is 0 Å². The molecule has 3 N–H and O–H groups in total. The van der Waals surface area contributed by atoms with Gasteiger partial charge in [-0.1, -0.05) is 12.1 Å². The Kier molecular flexibility index (Phi) is 3.75. The van der Waals surface area contributed by atoms with Gasteiger partial charge in [0.05, 0.1) is 5.56 Å². The van der Waals surface area contributed by atoms with Crippen LogP contribution in [0.1, 0.15) is 40.9 Å². The van der Waals surface area contributed by atoms with E-state index in [1.165, 1.54) is 11.3 Å². The SMILES string of the molecule is Cc1cnc(NC(=O)[C@@H]2C[C@@H]3CC[C@@H]2C[C@@]32NC(=O)c3ccccc3N2)s1. The molecule has 2 heterocycles. The molecule has 3 saturated carbocycles. The normalized spacial score (nSPS) is 31.1. The van der Waals surface area contributed by atoms with E-state index in [9.17, 15) is 9.59 Å². The highest BCUT2D eigenvalue weighted by molar-refractivity contribution is 7.15. The van der Waals surface area contributed by atoms with E-state index in [1.807, 2.05) is 31.2 Å². The number of aryl methyl sites for hydroxylation is 1. The van der Waals surface area contributed by atoms with Gasteiger partial charge in [-0.2, -0.15) is 0 Å². The first-order valence-corrected chi connectivity index (χ1v) is 10.3. The van der Waals surface area contributed by atoms with E-state index in [0.29, 0.717) is 10.7 Å². The van der Waals surface area contributed by atoms with Crippen molar-refractivity contribution >= 4 is 34.0 Å². The van der Waals surface area contributed by atoms with Crippen LogP contribution in [0.3, 0.4) is 0 Å². The van der Waals surface area contributed by atoms with Crippen molar-refractivity contribution in [1.82, 2.24) is 10.3 Å².